The van der Waals surface area contributed by atoms with Gasteiger partial charge in [0.25, 0.3) is 0 Å². The Morgan fingerprint density at radius 1 is 1.10 bits per heavy atom. The maximum Gasteiger partial charge on any atom is 0.343 e. The highest BCUT2D eigenvalue weighted by Gasteiger charge is 2.33. The molecule has 1 saturated carbocycles. The summed E-state index contributed by atoms with van der Waals surface area (Å²) < 4.78 is 18.6. The van der Waals surface area contributed by atoms with Crippen molar-refractivity contribution in [2.24, 2.45) is 11.8 Å². The van der Waals surface area contributed by atoms with Gasteiger partial charge in [0.2, 0.25) is 11.8 Å². The molecule has 9 nitrogen and oxygen atoms in total. The molecule has 0 saturated heterocycles. The predicted octanol–water partition coefficient (Wildman–Crippen LogP) is 5.64. The van der Waals surface area contributed by atoms with Crippen molar-refractivity contribution < 1.29 is 23.5 Å². The van der Waals surface area contributed by atoms with Crippen LogP contribution in [0.3, 0.4) is 0 Å². The molecule has 39 heavy (non-hydrogen) atoms. The number of aromatic nitrogens is 3. The molecule has 3 aromatic heterocycles. The molecule has 0 bridgehead atoms. The van der Waals surface area contributed by atoms with Crippen molar-refractivity contribution >= 4 is 23.4 Å². The normalized spacial score (nSPS) is 17.3. The number of methoxy groups -OCH3 is 1. The minimum absolute atomic E-state index is 0.0406. The Bertz CT molecular complexity index is 1400. The minimum atomic E-state index is -0.524. The van der Waals surface area contributed by atoms with Crippen LogP contribution in [0, 0.1) is 11.8 Å². The molecule has 204 valence electrons. The van der Waals surface area contributed by atoms with Crippen LogP contribution >= 0.6 is 0 Å². The molecule has 1 fully saturated rings. The third kappa shape index (κ3) is 5.73. The van der Waals surface area contributed by atoms with E-state index >= 15 is 0 Å². The third-order valence-corrected chi connectivity index (χ3v) is 7.30. The van der Waals surface area contributed by atoms with Crippen LogP contribution in [-0.4, -0.2) is 53.3 Å². The second-order valence-electron chi connectivity index (χ2n) is 10.0. The highest BCUT2D eigenvalue weighted by molar-refractivity contribution is 6.02. The van der Waals surface area contributed by atoms with Gasteiger partial charge in [-0.1, -0.05) is 31.2 Å². The summed E-state index contributed by atoms with van der Waals surface area (Å²) in [6.45, 7) is 4.78. The first-order chi connectivity index (χ1) is 19.0. The van der Waals surface area contributed by atoms with Gasteiger partial charge in [0.05, 0.1) is 25.5 Å². The molecule has 1 amide bonds. The van der Waals surface area contributed by atoms with Gasteiger partial charge in [-0.3, -0.25) is 9.69 Å². The number of rotatable bonds is 9. The molecule has 0 aliphatic heterocycles. The number of carbonyl (C=O) groups is 2. The monoisotopic (exact) mass is 530 g/mol. The van der Waals surface area contributed by atoms with Crippen LogP contribution in [0.2, 0.25) is 0 Å². The van der Waals surface area contributed by atoms with E-state index < -0.39 is 5.97 Å². The number of carbonyl (C=O) groups excluding carboxylic acids is 2. The second-order valence-corrected chi connectivity index (χ2v) is 10.0. The Morgan fingerprint density at radius 2 is 1.85 bits per heavy atom. The molecule has 1 aromatic carbocycles. The zero-order valence-corrected chi connectivity index (χ0v) is 22.6. The van der Waals surface area contributed by atoms with Crippen LogP contribution in [0.5, 0.6) is 0 Å². The minimum Gasteiger partial charge on any atom is -0.462 e. The van der Waals surface area contributed by atoms with Crippen molar-refractivity contribution in [2.75, 3.05) is 31.8 Å². The summed E-state index contributed by atoms with van der Waals surface area (Å²) in [5.41, 5.74) is 3.48. The van der Waals surface area contributed by atoms with Crippen LogP contribution in [0.25, 0.3) is 28.2 Å². The van der Waals surface area contributed by atoms with Crippen LogP contribution in [0.4, 0.5) is 5.88 Å². The summed E-state index contributed by atoms with van der Waals surface area (Å²) in [6, 6.07) is 13.1. The number of anilines is 1. The quantitative estimate of drug-likeness (QED) is 0.258. The molecule has 1 aliphatic rings. The molecule has 3 heterocycles. The van der Waals surface area contributed by atoms with Gasteiger partial charge in [0.1, 0.15) is 11.3 Å². The number of esters is 1. The lowest BCUT2D eigenvalue weighted by atomic mass is 9.82. The fourth-order valence-corrected chi connectivity index (χ4v) is 5.08. The number of benzene rings is 1. The molecule has 0 unspecified atom stereocenters. The van der Waals surface area contributed by atoms with Crippen molar-refractivity contribution in [1.29, 1.82) is 0 Å². The van der Waals surface area contributed by atoms with E-state index in [-0.39, 0.29) is 36.4 Å². The fraction of sp³-hybridized carbons (Fsp3) is 0.400. The summed E-state index contributed by atoms with van der Waals surface area (Å²) in [5, 5.41) is 4.58. The molecule has 5 rings (SSSR count). The zero-order chi connectivity index (χ0) is 27.4. The Balaban J connectivity index is 1.48. The number of ether oxygens (including phenoxy) is 2. The number of amides is 1. The Hall–Kier alpha value is -3.98. The molecule has 0 spiro atoms. The highest BCUT2D eigenvalue weighted by Crippen LogP contribution is 2.36. The van der Waals surface area contributed by atoms with Gasteiger partial charge >= 0.3 is 5.97 Å². The Morgan fingerprint density at radius 3 is 2.54 bits per heavy atom. The zero-order valence-electron chi connectivity index (χ0n) is 22.6. The maximum atomic E-state index is 13.7. The highest BCUT2D eigenvalue weighted by atomic mass is 16.5. The molecule has 0 radical (unpaired) electrons. The number of hydrogen-bond donors (Lipinski definition) is 0. The topological polar surface area (TPSA) is 99.2 Å². The molecule has 4 aromatic rings. The number of nitrogens with zero attached hydrogens (tertiary/aromatic N) is 4. The van der Waals surface area contributed by atoms with E-state index in [4.69, 9.17) is 13.9 Å². The smallest absolute Gasteiger partial charge is 0.343 e. The third-order valence-electron chi connectivity index (χ3n) is 7.30. The van der Waals surface area contributed by atoms with Gasteiger partial charge in [0, 0.05) is 48.7 Å². The van der Waals surface area contributed by atoms with Gasteiger partial charge in [-0.15, -0.1) is 0 Å². The average Bonchev–Trinajstić information content (AvgIpc) is 3.59. The second kappa shape index (κ2) is 11.8. The standard InChI is InChI=1S/C30H34N4O5/c1-4-38-30(36)24-18-26(22-12-10-21(11-13-22)25-19-27-31-14-5-15-34(27)32-25)39-29(24)33(16-17-37-3)28(35)23-8-6-20(2)7-9-23/h5,10-15,18-20,23H,4,6-9,16-17H2,1-3H3. The van der Waals surface area contributed by atoms with E-state index in [1.54, 1.807) is 35.7 Å². The fourth-order valence-electron chi connectivity index (χ4n) is 5.08. The average molecular weight is 531 g/mol. The lowest BCUT2D eigenvalue weighted by Crippen LogP contribution is -2.40. The lowest BCUT2D eigenvalue weighted by Gasteiger charge is -2.30. The predicted molar refractivity (Wildman–Crippen MR) is 147 cm³/mol. The van der Waals surface area contributed by atoms with Crippen molar-refractivity contribution in [3.8, 4) is 22.6 Å². The Kier molecular flexibility index (Phi) is 8.07. The van der Waals surface area contributed by atoms with Gasteiger partial charge in [-0.2, -0.15) is 5.10 Å². The van der Waals surface area contributed by atoms with E-state index in [1.165, 1.54) is 0 Å². The van der Waals surface area contributed by atoms with Gasteiger partial charge < -0.3 is 13.9 Å². The van der Waals surface area contributed by atoms with Crippen LogP contribution in [0.15, 0.2) is 59.3 Å². The van der Waals surface area contributed by atoms with Crippen molar-refractivity contribution in [3.63, 3.8) is 0 Å². The van der Waals surface area contributed by atoms with Gasteiger partial charge in [0.15, 0.2) is 5.65 Å². The molecular weight excluding hydrogens is 496 g/mol. The van der Waals surface area contributed by atoms with Crippen LogP contribution < -0.4 is 4.90 Å². The van der Waals surface area contributed by atoms with E-state index in [0.717, 1.165) is 48.2 Å². The van der Waals surface area contributed by atoms with Crippen molar-refractivity contribution in [2.45, 2.75) is 39.5 Å². The van der Waals surface area contributed by atoms with Crippen LogP contribution in [0.1, 0.15) is 49.9 Å². The molecule has 1 aliphatic carbocycles. The summed E-state index contributed by atoms with van der Waals surface area (Å²) in [5.74, 6) is 0.626. The van der Waals surface area contributed by atoms with E-state index in [0.29, 0.717) is 18.3 Å². The Labute approximate surface area is 227 Å². The van der Waals surface area contributed by atoms with Gasteiger partial charge in [-0.05, 0) is 44.6 Å². The maximum absolute atomic E-state index is 13.7. The lowest BCUT2D eigenvalue weighted by molar-refractivity contribution is -0.123. The summed E-state index contributed by atoms with van der Waals surface area (Å²) in [4.78, 5) is 32.6. The van der Waals surface area contributed by atoms with Crippen LogP contribution in [-0.2, 0) is 14.3 Å². The first-order valence-electron chi connectivity index (χ1n) is 13.5. The number of furan rings is 1. The molecule has 0 N–H and O–H groups in total. The summed E-state index contributed by atoms with van der Waals surface area (Å²) in [6.07, 6.45) is 7.26. The van der Waals surface area contributed by atoms with E-state index in [9.17, 15) is 9.59 Å². The first-order valence-corrected chi connectivity index (χ1v) is 13.5. The summed E-state index contributed by atoms with van der Waals surface area (Å²) >= 11 is 0. The van der Waals surface area contributed by atoms with Crippen molar-refractivity contribution in [3.05, 3.63) is 60.4 Å². The van der Waals surface area contributed by atoms with Gasteiger partial charge in [-0.25, -0.2) is 14.3 Å². The number of hydrogen-bond acceptors (Lipinski definition) is 7. The molecular formula is C30H34N4O5. The number of fused-ring (bicyclic) bond motifs is 1. The largest absolute Gasteiger partial charge is 0.462 e. The molecule has 0 atom stereocenters. The SMILES string of the molecule is CCOC(=O)c1cc(-c2ccc(-c3cc4ncccn4n3)cc2)oc1N(CCOC)C(=O)C1CCC(C)CC1. The van der Waals surface area contributed by atoms with E-state index in [1.807, 2.05) is 42.6 Å². The summed E-state index contributed by atoms with van der Waals surface area (Å²) in [7, 11) is 1.59. The van der Waals surface area contributed by atoms with E-state index in [2.05, 4.69) is 17.0 Å². The first kappa shape index (κ1) is 26.6. The molecule has 9 heteroatoms. The van der Waals surface area contributed by atoms with Crippen molar-refractivity contribution in [1.82, 2.24) is 14.6 Å².